The van der Waals surface area contributed by atoms with E-state index in [-0.39, 0.29) is 24.1 Å². The molecule has 3 aromatic rings. The Morgan fingerprint density at radius 1 is 1.06 bits per heavy atom. The molecule has 0 saturated carbocycles. The first kappa shape index (κ1) is 24.8. The quantitative estimate of drug-likeness (QED) is 0.461. The third-order valence-corrected chi connectivity index (χ3v) is 7.12. The highest BCUT2D eigenvalue weighted by molar-refractivity contribution is 7.85. The predicted octanol–water partition coefficient (Wildman–Crippen LogP) is 4.70. The number of amides is 2. The van der Waals surface area contributed by atoms with Gasteiger partial charge in [-0.15, -0.1) is 0 Å². The summed E-state index contributed by atoms with van der Waals surface area (Å²) in [4.78, 5) is 28.6. The summed E-state index contributed by atoms with van der Waals surface area (Å²) in [5.41, 5.74) is 1.25. The second-order valence-corrected chi connectivity index (χ2v) is 9.88. The molecule has 0 aromatic heterocycles. The van der Waals surface area contributed by atoms with Gasteiger partial charge in [0, 0.05) is 24.3 Å². The Hall–Kier alpha value is -3.36. The van der Waals surface area contributed by atoms with E-state index >= 15 is 0 Å². The number of benzene rings is 3. The van der Waals surface area contributed by atoms with E-state index in [1.807, 2.05) is 13.8 Å². The van der Waals surface area contributed by atoms with E-state index in [9.17, 15) is 18.2 Å². The number of ether oxygens (including phenoxy) is 1. The standard InChI is InChI=1S/C27H27FN2O4S/c1-18(2)34-15-7-14-29-26(31)19-12-13-25-23(16-19)30(17-20-8-3-5-10-22(20)28)27(32)21-9-4-6-11-24(21)35(25)33/h3-6,8-13,16,18H,7,14-15,17H2,1-2H3,(H,29,31)/t35-/m1/s1. The zero-order valence-corrected chi connectivity index (χ0v) is 20.4. The molecule has 0 unspecified atom stereocenters. The van der Waals surface area contributed by atoms with E-state index in [1.165, 1.54) is 11.0 Å². The van der Waals surface area contributed by atoms with Crippen LogP contribution in [0.15, 0.2) is 76.5 Å². The van der Waals surface area contributed by atoms with Gasteiger partial charge in [-0.25, -0.2) is 8.60 Å². The van der Waals surface area contributed by atoms with Crippen LogP contribution in [0.2, 0.25) is 0 Å². The van der Waals surface area contributed by atoms with Crippen LogP contribution in [0, 0.1) is 5.82 Å². The SMILES string of the molecule is CC(C)OCCCNC(=O)c1ccc2c(c1)N(Cc1ccccc1F)C(=O)c1ccccc1[S@]2=O. The van der Waals surface area contributed by atoms with Crippen LogP contribution in [0.1, 0.15) is 46.5 Å². The third-order valence-electron chi connectivity index (χ3n) is 5.62. The fourth-order valence-electron chi connectivity index (χ4n) is 3.85. The molecule has 1 heterocycles. The van der Waals surface area contributed by atoms with E-state index in [2.05, 4.69) is 5.32 Å². The number of rotatable bonds is 8. The molecular weight excluding hydrogens is 467 g/mol. The molecule has 0 bridgehead atoms. The van der Waals surface area contributed by atoms with Crippen LogP contribution < -0.4 is 10.2 Å². The van der Waals surface area contributed by atoms with E-state index in [4.69, 9.17) is 4.74 Å². The van der Waals surface area contributed by atoms with Crippen molar-refractivity contribution in [2.24, 2.45) is 0 Å². The van der Waals surface area contributed by atoms with Crippen molar-refractivity contribution in [2.75, 3.05) is 18.1 Å². The summed E-state index contributed by atoms with van der Waals surface area (Å²) in [5.74, 6) is -1.17. The summed E-state index contributed by atoms with van der Waals surface area (Å²) >= 11 is 0. The van der Waals surface area contributed by atoms with Crippen LogP contribution in [0.4, 0.5) is 10.1 Å². The summed E-state index contributed by atoms with van der Waals surface area (Å²) < 4.78 is 33.5. The number of halogens is 1. The van der Waals surface area contributed by atoms with Gasteiger partial charge in [-0.1, -0.05) is 30.3 Å². The van der Waals surface area contributed by atoms with Gasteiger partial charge in [0.2, 0.25) is 0 Å². The lowest BCUT2D eigenvalue weighted by molar-refractivity contribution is 0.0757. The second-order valence-electron chi connectivity index (χ2n) is 8.46. The molecule has 3 aromatic carbocycles. The van der Waals surface area contributed by atoms with Crippen LogP contribution in [-0.4, -0.2) is 35.3 Å². The summed E-state index contributed by atoms with van der Waals surface area (Å²) in [6.45, 7) is 4.79. The first-order valence-electron chi connectivity index (χ1n) is 11.5. The van der Waals surface area contributed by atoms with Crippen LogP contribution >= 0.6 is 0 Å². The Morgan fingerprint density at radius 3 is 2.57 bits per heavy atom. The fraction of sp³-hybridized carbons (Fsp3) is 0.259. The van der Waals surface area contributed by atoms with Crippen LogP contribution in [0.3, 0.4) is 0 Å². The maximum atomic E-state index is 14.5. The second kappa shape index (κ2) is 10.9. The Labute approximate surface area is 206 Å². The average molecular weight is 495 g/mol. The number of fused-ring (bicyclic) bond motifs is 2. The summed E-state index contributed by atoms with van der Waals surface area (Å²) in [6, 6.07) is 17.6. The van der Waals surface area contributed by atoms with Crippen molar-refractivity contribution in [3.8, 4) is 0 Å². The smallest absolute Gasteiger partial charge is 0.259 e. The molecule has 0 fully saturated rings. The topological polar surface area (TPSA) is 75.7 Å². The molecule has 0 radical (unpaired) electrons. The van der Waals surface area contributed by atoms with Crippen molar-refractivity contribution in [3.05, 3.63) is 89.2 Å². The Morgan fingerprint density at radius 2 is 1.80 bits per heavy atom. The summed E-state index contributed by atoms with van der Waals surface area (Å²) in [6.07, 6.45) is 0.782. The van der Waals surface area contributed by atoms with Gasteiger partial charge < -0.3 is 15.0 Å². The first-order chi connectivity index (χ1) is 16.9. The van der Waals surface area contributed by atoms with Gasteiger partial charge in [0.25, 0.3) is 11.8 Å². The minimum Gasteiger partial charge on any atom is -0.379 e. The Kier molecular flexibility index (Phi) is 7.73. The highest BCUT2D eigenvalue weighted by atomic mass is 32.2. The molecular formula is C27H27FN2O4S. The van der Waals surface area contributed by atoms with Gasteiger partial charge in [0.05, 0.1) is 44.5 Å². The fourth-order valence-corrected chi connectivity index (χ4v) is 5.20. The molecule has 0 saturated heterocycles. The van der Waals surface area contributed by atoms with Crippen molar-refractivity contribution in [3.63, 3.8) is 0 Å². The summed E-state index contributed by atoms with van der Waals surface area (Å²) in [5, 5.41) is 2.85. The zero-order valence-electron chi connectivity index (χ0n) is 19.6. The number of hydrogen-bond donors (Lipinski definition) is 1. The van der Waals surface area contributed by atoms with Gasteiger partial charge in [-0.05, 0) is 56.7 Å². The van der Waals surface area contributed by atoms with Crippen LogP contribution in [0.5, 0.6) is 0 Å². The first-order valence-corrected chi connectivity index (χ1v) is 12.6. The maximum Gasteiger partial charge on any atom is 0.259 e. The molecule has 1 aliphatic rings. The Balaban J connectivity index is 1.68. The summed E-state index contributed by atoms with van der Waals surface area (Å²) in [7, 11) is -1.65. The van der Waals surface area contributed by atoms with Gasteiger partial charge in [-0.3, -0.25) is 9.59 Å². The van der Waals surface area contributed by atoms with Gasteiger partial charge in [0.15, 0.2) is 0 Å². The number of hydrogen-bond acceptors (Lipinski definition) is 4. The number of carbonyl (C=O) groups excluding carboxylic acids is 2. The number of carbonyl (C=O) groups is 2. The molecule has 2 amide bonds. The lowest BCUT2D eigenvalue weighted by Crippen LogP contribution is -2.31. The van der Waals surface area contributed by atoms with Crippen LogP contribution in [0.25, 0.3) is 0 Å². The molecule has 1 atom stereocenters. The molecule has 6 nitrogen and oxygen atoms in total. The number of nitrogens with zero attached hydrogens (tertiary/aromatic N) is 1. The molecule has 182 valence electrons. The van der Waals surface area contributed by atoms with Crippen molar-refractivity contribution in [1.82, 2.24) is 5.32 Å². The monoisotopic (exact) mass is 494 g/mol. The zero-order chi connectivity index (χ0) is 24.9. The largest absolute Gasteiger partial charge is 0.379 e. The lowest BCUT2D eigenvalue weighted by Gasteiger charge is -2.24. The molecule has 1 aliphatic heterocycles. The highest BCUT2D eigenvalue weighted by Crippen LogP contribution is 2.36. The normalized spacial score (nSPS) is 14.9. The predicted molar refractivity (Wildman–Crippen MR) is 133 cm³/mol. The van der Waals surface area contributed by atoms with Gasteiger partial charge in [0.1, 0.15) is 5.82 Å². The number of nitrogens with one attached hydrogen (secondary N) is 1. The highest BCUT2D eigenvalue weighted by Gasteiger charge is 2.32. The molecule has 8 heteroatoms. The number of anilines is 1. The van der Waals surface area contributed by atoms with E-state index in [1.54, 1.807) is 60.7 Å². The van der Waals surface area contributed by atoms with Crippen molar-refractivity contribution < 1.29 is 22.9 Å². The van der Waals surface area contributed by atoms with E-state index in [0.29, 0.717) is 46.2 Å². The van der Waals surface area contributed by atoms with E-state index in [0.717, 1.165) is 0 Å². The minimum absolute atomic E-state index is 0.0678. The molecule has 1 N–H and O–H groups in total. The molecule has 0 spiro atoms. The van der Waals surface area contributed by atoms with Crippen molar-refractivity contribution in [2.45, 2.75) is 42.7 Å². The van der Waals surface area contributed by atoms with E-state index < -0.39 is 22.5 Å². The van der Waals surface area contributed by atoms with Crippen molar-refractivity contribution in [1.29, 1.82) is 0 Å². The van der Waals surface area contributed by atoms with Crippen molar-refractivity contribution >= 4 is 28.3 Å². The third kappa shape index (κ3) is 5.49. The maximum absolute atomic E-state index is 14.5. The lowest BCUT2D eigenvalue weighted by atomic mass is 10.1. The minimum atomic E-state index is -1.65. The van der Waals surface area contributed by atoms with Crippen LogP contribution in [-0.2, 0) is 22.1 Å². The average Bonchev–Trinajstić information content (AvgIpc) is 2.94. The van der Waals surface area contributed by atoms with Gasteiger partial charge in [-0.2, -0.15) is 0 Å². The molecule has 35 heavy (non-hydrogen) atoms. The van der Waals surface area contributed by atoms with Gasteiger partial charge >= 0.3 is 0 Å². The molecule has 0 aliphatic carbocycles. The Bertz CT molecular complexity index is 1280. The molecule has 4 rings (SSSR count).